The third-order valence-electron chi connectivity index (χ3n) is 7.12. The summed E-state index contributed by atoms with van der Waals surface area (Å²) in [6.07, 6.45) is 9.65. The lowest BCUT2D eigenvalue weighted by Crippen LogP contribution is -2.13. The zero-order valence-electron chi connectivity index (χ0n) is 15.1. The van der Waals surface area contributed by atoms with Crippen LogP contribution in [0.2, 0.25) is 0 Å². The lowest BCUT2D eigenvalue weighted by molar-refractivity contribution is -0.137. The number of ether oxygens (including phenoxy) is 2. The molecule has 4 aliphatic rings. The molecule has 0 amide bonds. The summed E-state index contributed by atoms with van der Waals surface area (Å²) >= 11 is 0. The van der Waals surface area contributed by atoms with Gasteiger partial charge in [-0.3, -0.25) is 9.59 Å². The lowest BCUT2D eigenvalue weighted by Gasteiger charge is -2.07. The first-order valence-electron chi connectivity index (χ1n) is 10.3. The van der Waals surface area contributed by atoms with E-state index in [2.05, 4.69) is 0 Å². The van der Waals surface area contributed by atoms with Crippen LogP contribution < -0.4 is 9.47 Å². The van der Waals surface area contributed by atoms with E-state index in [0.29, 0.717) is 35.2 Å². The molecule has 4 nitrogen and oxygen atoms in total. The van der Waals surface area contributed by atoms with Gasteiger partial charge in [-0.05, 0) is 73.6 Å². The highest BCUT2D eigenvalue weighted by Gasteiger charge is 2.56. The van der Waals surface area contributed by atoms with E-state index in [9.17, 15) is 9.59 Å². The van der Waals surface area contributed by atoms with Gasteiger partial charge in [-0.2, -0.15) is 0 Å². The van der Waals surface area contributed by atoms with Gasteiger partial charge in [-0.1, -0.05) is 25.7 Å². The predicted molar refractivity (Wildman–Crippen MR) is 95.6 cm³/mol. The van der Waals surface area contributed by atoms with Crippen LogP contribution in [0, 0.1) is 35.5 Å². The van der Waals surface area contributed by atoms with Crippen molar-refractivity contribution in [3.63, 3.8) is 0 Å². The van der Waals surface area contributed by atoms with Crippen molar-refractivity contribution in [3.05, 3.63) is 24.3 Å². The summed E-state index contributed by atoms with van der Waals surface area (Å²) in [4.78, 5) is 24.7. The molecule has 0 heterocycles. The normalized spacial score (nSPS) is 37.1. The molecule has 0 radical (unpaired) electrons. The van der Waals surface area contributed by atoms with Gasteiger partial charge in [0, 0.05) is 0 Å². The molecule has 26 heavy (non-hydrogen) atoms. The fourth-order valence-corrected chi connectivity index (χ4v) is 5.63. The molecule has 1 aromatic carbocycles. The van der Waals surface area contributed by atoms with Crippen LogP contribution >= 0.6 is 0 Å². The quantitative estimate of drug-likeness (QED) is 0.595. The van der Waals surface area contributed by atoms with Crippen LogP contribution in [0.1, 0.15) is 51.4 Å². The van der Waals surface area contributed by atoms with Crippen molar-refractivity contribution < 1.29 is 19.1 Å². The van der Waals surface area contributed by atoms with Gasteiger partial charge in [0.15, 0.2) is 0 Å². The van der Waals surface area contributed by atoms with Gasteiger partial charge in [-0.15, -0.1) is 0 Å². The molecule has 4 heteroatoms. The van der Waals surface area contributed by atoms with Gasteiger partial charge in [0.25, 0.3) is 0 Å². The molecule has 4 unspecified atom stereocenters. The highest BCUT2D eigenvalue weighted by molar-refractivity contribution is 5.80. The van der Waals surface area contributed by atoms with E-state index in [-0.39, 0.29) is 23.8 Å². The highest BCUT2D eigenvalue weighted by atomic mass is 16.5. The second-order valence-electron chi connectivity index (χ2n) is 8.59. The highest BCUT2D eigenvalue weighted by Crippen LogP contribution is 2.56. The molecule has 4 saturated carbocycles. The zero-order chi connectivity index (χ0) is 17.7. The lowest BCUT2D eigenvalue weighted by atomic mass is 10.0. The summed E-state index contributed by atoms with van der Waals surface area (Å²) in [6.45, 7) is 0. The predicted octanol–water partition coefficient (Wildman–Crippen LogP) is 4.37. The molecule has 4 atom stereocenters. The zero-order valence-corrected chi connectivity index (χ0v) is 15.1. The minimum Gasteiger partial charge on any atom is -0.426 e. The first-order chi connectivity index (χ1) is 12.7. The van der Waals surface area contributed by atoms with Crippen LogP contribution in [0.25, 0.3) is 0 Å². The third kappa shape index (κ3) is 2.93. The molecule has 1 aromatic rings. The first-order valence-corrected chi connectivity index (χ1v) is 10.3. The smallest absolute Gasteiger partial charge is 0.314 e. The van der Waals surface area contributed by atoms with Gasteiger partial charge in [0.05, 0.1) is 11.8 Å². The number of hydrogen-bond acceptors (Lipinski definition) is 4. The number of carbonyl (C=O) groups excluding carboxylic acids is 2. The Labute approximate surface area is 154 Å². The Morgan fingerprint density at radius 2 is 0.923 bits per heavy atom. The first kappa shape index (κ1) is 16.3. The molecule has 0 saturated heterocycles. The molecular formula is C22H26O4. The summed E-state index contributed by atoms with van der Waals surface area (Å²) in [5.74, 6) is 3.33. The average Bonchev–Trinajstić information content (AvgIpc) is 3.55. The molecule has 4 aliphatic carbocycles. The maximum atomic E-state index is 12.3. The summed E-state index contributed by atoms with van der Waals surface area (Å²) in [5, 5.41) is 0. The Morgan fingerprint density at radius 1 is 0.615 bits per heavy atom. The van der Waals surface area contributed by atoms with E-state index < -0.39 is 0 Å². The topological polar surface area (TPSA) is 52.6 Å². The number of carbonyl (C=O) groups is 2. The SMILES string of the molecule is O=C(Oc1ccc(OC(=O)C2C3CCCCC32)cc1)C1C2CCCCC21. The van der Waals surface area contributed by atoms with Crippen molar-refractivity contribution in [2.24, 2.45) is 35.5 Å². The van der Waals surface area contributed by atoms with Crippen molar-refractivity contribution in [2.75, 3.05) is 0 Å². The fourth-order valence-electron chi connectivity index (χ4n) is 5.63. The fraction of sp³-hybridized carbons (Fsp3) is 0.636. The molecule has 0 N–H and O–H groups in total. The van der Waals surface area contributed by atoms with Crippen LogP contribution in [0.3, 0.4) is 0 Å². The Hall–Kier alpha value is -1.84. The van der Waals surface area contributed by atoms with E-state index >= 15 is 0 Å². The van der Waals surface area contributed by atoms with Gasteiger partial charge < -0.3 is 9.47 Å². The summed E-state index contributed by atoms with van der Waals surface area (Å²) < 4.78 is 11.1. The number of hydrogen-bond donors (Lipinski definition) is 0. The summed E-state index contributed by atoms with van der Waals surface area (Å²) in [5.41, 5.74) is 0. The maximum Gasteiger partial charge on any atom is 0.314 e. The minimum atomic E-state index is -0.0892. The van der Waals surface area contributed by atoms with Crippen LogP contribution in [-0.4, -0.2) is 11.9 Å². The molecular weight excluding hydrogens is 328 g/mol. The standard InChI is InChI=1S/C22H26O4/c23-21(19-15-5-1-2-6-16(15)19)25-13-9-11-14(12-10-13)26-22(24)20-17-7-3-4-8-18(17)20/h9-12,15-20H,1-8H2. The number of esters is 2. The van der Waals surface area contributed by atoms with Crippen molar-refractivity contribution in [1.82, 2.24) is 0 Å². The average molecular weight is 354 g/mol. The number of benzene rings is 1. The largest absolute Gasteiger partial charge is 0.426 e. The second-order valence-corrected chi connectivity index (χ2v) is 8.59. The summed E-state index contributed by atoms with van der Waals surface area (Å²) in [6, 6.07) is 6.91. The van der Waals surface area contributed by atoms with Gasteiger partial charge in [0.2, 0.25) is 0 Å². The molecule has 0 aromatic heterocycles. The molecule has 5 rings (SSSR count). The molecule has 138 valence electrons. The Kier molecular flexibility index (Phi) is 4.02. The second kappa shape index (κ2) is 6.40. The van der Waals surface area contributed by atoms with Crippen LogP contribution in [-0.2, 0) is 9.59 Å². The van der Waals surface area contributed by atoms with E-state index in [0.717, 1.165) is 0 Å². The van der Waals surface area contributed by atoms with E-state index in [4.69, 9.17) is 9.47 Å². The monoisotopic (exact) mass is 354 g/mol. The van der Waals surface area contributed by atoms with Gasteiger partial charge >= 0.3 is 11.9 Å². The maximum absolute atomic E-state index is 12.3. The van der Waals surface area contributed by atoms with E-state index in [1.165, 1.54) is 51.4 Å². The van der Waals surface area contributed by atoms with E-state index in [1.54, 1.807) is 24.3 Å². The molecule has 0 aliphatic heterocycles. The van der Waals surface area contributed by atoms with Crippen LogP contribution in [0.15, 0.2) is 24.3 Å². The third-order valence-corrected chi connectivity index (χ3v) is 7.12. The van der Waals surface area contributed by atoms with E-state index in [1.807, 2.05) is 0 Å². The Morgan fingerprint density at radius 3 is 1.23 bits per heavy atom. The summed E-state index contributed by atoms with van der Waals surface area (Å²) in [7, 11) is 0. The van der Waals surface area contributed by atoms with Crippen molar-refractivity contribution in [1.29, 1.82) is 0 Å². The van der Waals surface area contributed by atoms with Gasteiger partial charge in [-0.25, -0.2) is 0 Å². The Bertz CT molecular complexity index is 624. The molecule has 4 fully saturated rings. The number of fused-ring (bicyclic) bond motifs is 2. The minimum absolute atomic E-state index is 0.0892. The van der Waals surface area contributed by atoms with Gasteiger partial charge in [0.1, 0.15) is 11.5 Å². The van der Waals surface area contributed by atoms with Crippen LogP contribution in [0.5, 0.6) is 11.5 Å². The van der Waals surface area contributed by atoms with Crippen molar-refractivity contribution >= 4 is 11.9 Å². The molecule has 0 spiro atoms. The number of rotatable bonds is 4. The molecule has 0 bridgehead atoms. The van der Waals surface area contributed by atoms with Crippen molar-refractivity contribution in [3.8, 4) is 11.5 Å². The van der Waals surface area contributed by atoms with Crippen molar-refractivity contribution in [2.45, 2.75) is 51.4 Å². The Balaban J connectivity index is 1.15. The van der Waals surface area contributed by atoms with Crippen LogP contribution in [0.4, 0.5) is 0 Å².